The molecule has 0 radical (unpaired) electrons. The van der Waals surface area contributed by atoms with Gasteiger partial charge in [-0.3, -0.25) is 5.32 Å². The summed E-state index contributed by atoms with van der Waals surface area (Å²) < 4.78 is 0. The molecule has 0 rings (SSSR count). The molecule has 0 saturated heterocycles. The number of unbranched alkanes of at least 4 members (excludes halogenated alkanes) is 3. The molecule has 0 aromatic carbocycles. The van der Waals surface area contributed by atoms with Crippen molar-refractivity contribution >= 4 is 0 Å². The average molecular weight is 201 g/mol. The van der Waals surface area contributed by atoms with Crippen LogP contribution in [-0.2, 0) is 0 Å². The average Bonchev–Trinajstić information content (AvgIpc) is 2.09. The Kier molecular flexibility index (Phi) is 8.20. The van der Waals surface area contributed by atoms with E-state index >= 15 is 0 Å². The monoisotopic (exact) mass is 201 g/mol. The quantitative estimate of drug-likeness (QED) is 0.467. The number of hydrogen-bond acceptors (Lipinski definition) is 2. The summed E-state index contributed by atoms with van der Waals surface area (Å²) in [5.74, 6) is 0.603. The second-order valence-corrected chi connectivity index (χ2v) is 4.54. The Morgan fingerprint density at radius 2 is 1.71 bits per heavy atom. The van der Waals surface area contributed by atoms with E-state index in [-0.39, 0.29) is 6.23 Å². The van der Waals surface area contributed by atoms with Gasteiger partial charge in [-0.05, 0) is 19.3 Å². The molecular weight excluding hydrogens is 174 g/mol. The Bertz CT molecular complexity index is 123. The lowest BCUT2D eigenvalue weighted by atomic mass is 9.97. The van der Waals surface area contributed by atoms with Gasteiger partial charge in [-0.15, -0.1) is 0 Å². The van der Waals surface area contributed by atoms with E-state index in [1.54, 1.807) is 6.92 Å². The molecule has 0 aromatic rings. The summed E-state index contributed by atoms with van der Waals surface area (Å²) in [5.41, 5.74) is 0. The first-order chi connectivity index (χ1) is 6.57. The van der Waals surface area contributed by atoms with Crippen LogP contribution in [0.3, 0.4) is 0 Å². The molecule has 86 valence electrons. The molecule has 0 heterocycles. The Morgan fingerprint density at radius 1 is 1.07 bits per heavy atom. The van der Waals surface area contributed by atoms with Gasteiger partial charge in [-0.2, -0.15) is 0 Å². The Hall–Kier alpha value is -0.0800. The number of aliphatic hydroxyl groups excluding tert-OH is 1. The van der Waals surface area contributed by atoms with E-state index in [2.05, 4.69) is 26.1 Å². The molecule has 2 atom stereocenters. The third-order valence-corrected chi connectivity index (χ3v) is 2.63. The first-order valence-corrected chi connectivity index (χ1v) is 6.02. The van der Waals surface area contributed by atoms with Crippen LogP contribution in [-0.4, -0.2) is 17.4 Å². The summed E-state index contributed by atoms with van der Waals surface area (Å²) in [4.78, 5) is 0. The van der Waals surface area contributed by atoms with Gasteiger partial charge in [0.1, 0.15) is 6.23 Å². The lowest BCUT2D eigenvalue weighted by molar-refractivity contribution is 0.126. The fourth-order valence-electron chi connectivity index (χ4n) is 1.71. The van der Waals surface area contributed by atoms with Crippen LogP contribution >= 0.6 is 0 Å². The largest absolute Gasteiger partial charge is 0.379 e. The highest BCUT2D eigenvalue weighted by Crippen LogP contribution is 2.12. The van der Waals surface area contributed by atoms with Gasteiger partial charge in [0, 0.05) is 6.04 Å². The van der Waals surface area contributed by atoms with Crippen molar-refractivity contribution in [1.29, 1.82) is 0 Å². The Balaban J connectivity index is 3.63. The molecule has 0 fully saturated rings. The molecule has 0 aliphatic heterocycles. The fourth-order valence-corrected chi connectivity index (χ4v) is 1.71. The van der Waals surface area contributed by atoms with E-state index in [1.165, 1.54) is 32.1 Å². The van der Waals surface area contributed by atoms with Crippen molar-refractivity contribution in [2.24, 2.45) is 5.92 Å². The van der Waals surface area contributed by atoms with E-state index in [1.807, 2.05) is 0 Å². The fraction of sp³-hybridized carbons (Fsp3) is 1.00. The van der Waals surface area contributed by atoms with Crippen LogP contribution in [0.1, 0.15) is 59.8 Å². The van der Waals surface area contributed by atoms with Crippen LogP contribution in [0.15, 0.2) is 0 Å². The van der Waals surface area contributed by atoms with Crippen LogP contribution in [0.5, 0.6) is 0 Å². The normalized spacial score (nSPS) is 15.9. The summed E-state index contributed by atoms with van der Waals surface area (Å²) in [7, 11) is 0. The second kappa shape index (κ2) is 8.25. The lowest BCUT2D eigenvalue weighted by Gasteiger charge is -2.24. The zero-order chi connectivity index (χ0) is 11.0. The third-order valence-electron chi connectivity index (χ3n) is 2.63. The molecule has 2 N–H and O–H groups in total. The minimum absolute atomic E-state index is 0.381. The molecule has 2 nitrogen and oxygen atoms in total. The number of rotatable bonds is 8. The van der Waals surface area contributed by atoms with Crippen molar-refractivity contribution in [1.82, 2.24) is 5.32 Å². The van der Waals surface area contributed by atoms with Crippen LogP contribution in [0, 0.1) is 5.92 Å². The maximum absolute atomic E-state index is 9.26. The summed E-state index contributed by atoms with van der Waals surface area (Å²) in [5, 5.41) is 12.5. The van der Waals surface area contributed by atoms with E-state index in [4.69, 9.17) is 0 Å². The molecule has 0 aliphatic rings. The minimum Gasteiger partial charge on any atom is -0.379 e. The summed E-state index contributed by atoms with van der Waals surface area (Å²) in [6, 6.07) is 0.465. The van der Waals surface area contributed by atoms with Crippen molar-refractivity contribution in [2.45, 2.75) is 72.1 Å². The maximum Gasteiger partial charge on any atom is 0.102 e. The maximum atomic E-state index is 9.26. The summed E-state index contributed by atoms with van der Waals surface area (Å²) >= 11 is 0. The van der Waals surface area contributed by atoms with E-state index in [0.717, 1.165) is 0 Å². The highest BCUT2D eigenvalue weighted by molar-refractivity contribution is 4.70. The van der Waals surface area contributed by atoms with Crippen molar-refractivity contribution < 1.29 is 5.11 Å². The zero-order valence-corrected chi connectivity index (χ0v) is 10.2. The zero-order valence-electron chi connectivity index (χ0n) is 10.2. The first kappa shape index (κ1) is 13.9. The first-order valence-electron chi connectivity index (χ1n) is 6.02. The number of hydrogen-bond donors (Lipinski definition) is 2. The SMILES string of the molecule is CCCCCCC(NC(C)O)C(C)C. The van der Waals surface area contributed by atoms with Gasteiger partial charge in [0.05, 0.1) is 0 Å². The summed E-state index contributed by atoms with van der Waals surface area (Å²) in [6.45, 7) is 8.44. The highest BCUT2D eigenvalue weighted by Gasteiger charge is 2.13. The van der Waals surface area contributed by atoms with Gasteiger partial charge in [0.15, 0.2) is 0 Å². The standard InChI is InChI=1S/C12H27NO/c1-5-6-7-8-9-12(10(2)3)13-11(4)14/h10-14H,5-9H2,1-4H3. The van der Waals surface area contributed by atoms with Crippen molar-refractivity contribution in [2.75, 3.05) is 0 Å². The van der Waals surface area contributed by atoms with Gasteiger partial charge >= 0.3 is 0 Å². The molecule has 0 aliphatic carbocycles. The predicted octanol–water partition coefficient (Wildman–Crippen LogP) is 2.91. The second-order valence-electron chi connectivity index (χ2n) is 4.54. The molecule has 0 saturated carbocycles. The highest BCUT2D eigenvalue weighted by atomic mass is 16.3. The Labute approximate surface area is 89.1 Å². The Morgan fingerprint density at radius 3 is 2.14 bits per heavy atom. The van der Waals surface area contributed by atoms with Gasteiger partial charge in [-0.1, -0.05) is 46.5 Å². The third kappa shape index (κ3) is 7.34. The molecular formula is C12H27NO. The van der Waals surface area contributed by atoms with E-state index < -0.39 is 0 Å². The molecule has 2 heteroatoms. The molecule has 0 amide bonds. The molecule has 14 heavy (non-hydrogen) atoms. The molecule has 0 spiro atoms. The lowest BCUT2D eigenvalue weighted by Crippen LogP contribution is -2.39. The van der Waals surface area contributed by atoms with Gasteiger partial charge in [-0.25, -0.2) is 0 Å². The van der Waals surface area contributed by atoms with Crippen LogP contribution in [0.4, 0.5) is 0 Å². The minimum atomic E-state index is -0.381. The van der Waals surface area contributed by atoms with Crippen LogP contribution in [0.25, 0.3) is 0 Å². The van der Waals surface area contributed by atoms with Crippen LogP contribution in [0.2, 0.25) is 0 Å². The van der Waals surface area contributed by atoms with Crippen molar-refractivity contribution in [3.63, 3.8) is 0 Å². The smallest absolute Gasteiger partial charge is 0.102 e. The van der Waals surface area contributed by atoms with Crippen LogP contribution < -0.4 is 5.32 Å². The topological polar surface area (TPSA) is 32.3 Å². The van der Waals surface area contributed by atoms with E-state index in [0.29, 0.717) is 12.0 Å². The molecule has 0 bridgehead atoms. The summed E-state index contributed by atoms with van der Waals surface area (Å²) in [6.07, 6.45) is 6.02. The van der Waals surface area contributed by atoms with Gasteiger partial charge in [0.25, 0.3) is 0 Å². The predicted molar refractivity (Wildman–Crippen MR) is 62.2 cm³/mol. The van der Waals surface area contributed by atoms with Crippen molar-refractivity contribution in [3.8, 4) is 0 Å². The molecule has 2 unspecified atom stereocenters. The molecule has 0 aromatic heterocycles. The van der Waals surface area contributed by atoms with Gasteiger partial charge < -0.3 is 5.11 Å². The number of nitrogens with one attached hydrogen (secondary N) is 1. The van der Waals surface area contributed by atoms with Crippen molar-refractivity contribution in [3.05, 3.63) is 0 Å². The van der Waals surface area contributed by atoms with Gasteiger partial charge in [0.2, 0.25) is 0 Å². The number of aliphatic hydroxyl groups is 1. The van der Waals surface area contributed by atoms with E-state index in [9.17, 15) is 5.11 Å².